The minimum atomic E-state index is -4.47. The number of ether oxygens (including phenoxy) is 1. The molecule has 0 saturated heterocycles. The van der Waals surface area contributed by atoms with E-state index < -0.39 is 18.6 Å². The average Bonchev–Trinajstić information content (AvgIpc) is 3.15. The molecule has 1 aromatic heterocycles. The van der Waals surface area contributed by atoms with Crippen molar-refractivity contribution in [2.45, 2.75) is 11.3 Å². The maximum atomic E-state index is 12.3. The smallest absolute Gasteiger partial charge is 0.405 e. The molecule has 0 saturated carbocycles. The molecule has 0 radical (unpaired) electrons. The van der Waals surface area contributed by atoms with Crippen molar-refractivity contribution in [3.63, 3.8) is 0 Å². The van der Waals surface area contributed by atoms with Crippen LogP contribution in [0.1, 0.15) is 0 Å². The van der Waals surface area contributed by atoms with E-state index in [1.807, 2.05) is 11.4 Å². The Morgan fingerprint density at radius 1 is 1.20 bits per heavy atom. The van der Waals surface area contributed by atoms with Crippen LogP contribution in [0.5, 0.6) is 5.75 Å². The topological polar surface area (TPSA) is 69.0 Å². The Balaban J connectivity index is 1.90. The Morgan fingerprint density at radius 2 is 1.93 bits per heavy atom. The fourth-order valence-electron chi connectivity index (χ4n) is 2.52. The van der Waals surface area contributed by atoms with E-state index in [-0.39, 0.29) is 5.75 Å². The maximum absolute atomic E-state index is 12.3. The molecule has 0 aliphatic heterocycles. The van der Waals surface area contributed by atoms with E-state index in [4.69, 9.17) is 16.3 Å². The highest BCUT2D eigenvalue weighted by Crippen LogP contribution is 2.30. The number of thioether (sulfide) groups is 1. The van der Waals surface area contributed by atoms with Crippen molar-refractivity contribution >= 4 is 29.3 Å². The summed E-state index contributed by atoms with van der Waals surface area (Å²) in [7, 11) is 1.55. The third kappa shape index (κ3) is 5.67. The molecule has 3 aromatic rings. The molecule has 0 spiro atoms. The minimum Gasteiger partial charge on any atom is -0.497 e. The van der Waals surface area contributed by atoms with Gasteiger partial charge in [0.05, 0.1) is 12.9 Å². The summed E-state index contributed by atoms with van der Waals surface area (Å²) in [5.74, 6) is 0.0964. The first-order valence-corrected chi connectivity index (χ1v) is 9.95. The monoisotopic (exact) mass is 456 g/mol. The molecular formula is C19H16ClF3N4O2S. The second-order valence-electron chi connectivity index (χ2n) is 6.03. The van der Waals surface area contributed by atoms with Crippen LogP contribution in [0, 0.1) is 0 Å². The maximum Gasteiger partial charge on any atom is 0.405 e. The number of alkyl halides is 3. The van der Waals surface area contributed by atoms with Gasteiger partial charge in [-0.25, -0.2) is 0 Å². The van der Waals surface area contributed by atoms with Crippen molar-refractivity contribution in [2.24, 2.45) is 0 Å². The fraction of sp³-hybridized carbons (Fsp3) is 0.211. The molecule has 0 bridgehead atoms. The van der Waals surface area contributed by atoms with Gasteiger partial charge in [-0.15, -0.1) is 10.2 Å². The number of hydrogen-bond donors (Lipinski definition) is 1. The van der Waals surface area contributed by atoms with Crippen LogP contribution in [-0.4, -0.2) is 46.3 Å². The highest BCUT2D eigenvalue weighted by atomic mass is 35.5. The van der Waals surface area contributed by atoms with Crippen LogP contribution in [0.3, 0.4) is 0 Å². The number of amides is 1. The van der Waals surface area contributed by atoms with Crippen LogP contribution in [0.4, 0.5) is 13.2 Å². The number of nitrogens with zero attached hydrogens (tertiary/aromatic N) is 3. The van der Waals surface area contributed by atoms with Gasteiger partial charge in [-0.05, 0) is 36.4 Å². The fourth-order valence-corrected chi connectivity index (χ4v) is 3.42. The Hall–Kier alpha value is -2.72. The highest BCUT2D eigenvalue weighted by molar-refractivity contribution is 7.99. The summed E-state index contributed by atoms with van der Waals surface area (Å²) >= 11 is 6.95. The molecule has 3 rings (SSSR count). The van der Waals surface area contributed by atoms with Crippen molar-refractivity contribution in [2.75, 3.05) is 19.4 Å². The quantitative estimate of drug-likeness (QED) is 0.535. The zero-order valence-electron chi connectivity index (χ0n) is 15.6. The number of carbonyl (C=O) groups is 1. The van der Waals surface area contributed by atoms with Crippen LogP contribution in [0.15, 0.2) is 53.7 Å². The van der Waals surface area contributed by atoms with Crippen LogP contribution < -0.4 is 10.1 Å². The SMILES string of the molecule is COc1cccc(-c2nnc(SCC(=O)NCC(F)(F)F)n2-c2ccc(Cl)cc2)c1. The van der Waals surface area contributed by atoms with E-state index in [1.165, 1.54) is 0 Å². The average molecular weight is 457 g/mol. The third-order valence-electron chi connectivity index (χ3n) is 3.86. The zero-order valence-corrected chi connectivity index (χ0v) is 17.2. The Bertz CT molecular complexity index is 1030. The molecule has 30 heavy (non-hydrogen) atoms. The molecule has 11 heteroatoms. The number of nitrogens with one attached hydrogen (secondary N) is 1. The Labute approximate surface area is 179 Å². The van der Waals surface area contributed by atoms with Gasteiger partial charge in [-0.1, -0.05) is 35.5 Å². The lowest BCUT2D eigenvalue weighted by atomic mass is 10.2. The summed E-state index contributed by atoms with van der Waals surface area (Å²) in [6.45, 7) is -1.38. The van der Waals surface area contributed by atoms with Crippen LogP contribution >= 0.6 is 23.4 Å². The van der Waals surface area contributed by atoms with Crippen molar-refractivity contribution in [1.29, 1.82) is 0 Å². The summed E-state index contributed by atoms with van der Waals surface area (Å²) in [6, 6.07) is 14.1. The van der Waals surface area contributed by atoms with E-state index >= 15 is 0 Å². The van der Waals surface area contributed by atoms with Gasteiger partial charge < -0.3 is 10.1 Å². The molecule has 0 aliphatic rings. The van der Waals surface area contributed by atoms with Crippen LogP contribution in [0.2, 0.25) is 5.02 Å². The molecule has 158 valence electrons. The van der Waals surface area contributed by atoms with Crippen molar-refractivity contribution < 1.29 is 22.7 Å². The minimum absolute atomic E-state index is 0.250. The van der Waals surface area contributed by atoms with Gasteiger partial charge >= 0.3 is 6.18 Å². The number of benzene rings is 2. The number of carbonyl (C=O) groups excluding carboxylic acids is 1. The molecule has 1 amide bonds. The Morgan fingerprint density at radius 3 is 2.60 bits per heavy atom. The van der Waals surface area contributed by atoms with Crippen molar-refractivity contribution in [3.8, 4) is 22.8 Å². The third-order valence-corrected chi connectivity index (χ3v) is 5.05. The predicted octanol–water partition coefficient (Wildman–Crippen LogP) is 4.37. The molecule has 0 aliphatic carbocycles. The lowest BCUT2D eigenvalue weighted by Crippen LogP contribution is -2.34. The molecule has 1 heterocycles. The molecule has 1 N–H and O–H groups in total. The summed E-state index contributed by atoms with van der Waals surface area (Å²) in [6.07, 6.45) is -4.47. The van der Waals surface area contributed by atoms with Gasteiger partial charge in [-0.2, -0.15) is 13.2 Å². The second kappa shape index (κ2) is 9.40. The standard InChI is InChI=1S/C19H16ClF3N4O2S/c1-29-15-4-2-3-12(9-15)17-25-26-18(27(17)14-7-5-13(20)6-8-14)30-10-16(28)24-11-19(21,22)23/h2-9H,10-11H2,1H3,(H,24,28). The zero-order chi connectivity index (χ0) is 21.7. The van der Waals surface area contributed by atoms with E-state index in [2.05, 4.69) is 10.2 Å². The van der Waals surface area contributed by atoms with E-state index in [0.29, 0.717) is 33.0 Å². The van der Waals surface area contributed by atoms with E-state index in [0.717, 1.165) is 11.8 Å². The van der Waals surface area contributed by atoms with Gasteiger partial charge in [0.25, 0.3) is 0 Å². The molecule has 0 atom stereocenters. The summed E-state index contributed by atoms with van der Waals surface area (Å²) in [4.78, 5) is 11.8. The molecule has 0 fully saturated rings. The molecule has 0 unspecified atom stereocenters. The second-order valence-corrected chi connectivity index (χ2v) is 7.41. The predicted molar refractivity (Wildman–Crippen MR) is 108 cm³/mol. The van der Waals surface area contributed by atoms with Crippen LogP contribution in [0.25, 0.3) is 17.1 Å². The first kappa shape index (κ1) is 22.0. The number of aromatic nitrogens is 3. The number of rotatable bonds is 7. The lowest BCUT2D eigenvalue weighted by molar-refractivity contribution is -0.136. The number of hydrogen-bond acceptors (Lipinski definition) is 5. The van der Waals surface area contributed by atoms with E-state index in [9.17, 15) is 18.0 Å². The largest absolute Gasteiger partial charge is 0.497 e. The molecule has 2 aromatic carbocycles. The summed E-state index contributed by atoms with van der Waals surface area (Å²) < 4.78 is 43.8. The lowest BCUT2D eigenvalue weighted by Gasteiger charge is -2.11. The van der Waals surface area contributed by atoms with Gasteiger partial charge in [0, 0.05) is 16.3 Å². The normalized spacial score (nSPS) is 11.4. The number of halogens is 4. The summed E-state index contributed by atoms with van der Waals surface area (Å²) in [5, 5.41) is 11.1. The molecular weight excluding hydrogens is 441 g/mol. The molecule has 6 nitrogen and oxygen atoms in total. The first-order chi connectivity index (χ1) is 14.3. The van der Waals surface area contributed by atoms with Crippen molar-refractivity contribution in [1.82, 2.24) is 20.1 Å². The Kier molecular flexibility index (Phi) is 6.88. The highest BCUT2D eigenvalue weighted by Gasteiger charge is 2.27. The van der Waals surface area contributed by atoms with Gasteiger partial charge in [0.2, 0.25) is 5.91 Å². The first-order valence-electron chi connectivity index (χ1n) is 8.59. The van der Waals surface area contributed by atoms with Crippen molar-refractivity contribution in [3.05, 3.63) is 53.6 Å². The van der Waals surface area contributed by atoms with Gasteiger partial charge in [-0.3, -0.25) is 9.36 Å². The summed E-state index contributed by atoms with van der Waals surface area (Å²) in [5.41, 5.74) is 1.39. The van der Waals surface area contributed by atoms with Crippen LogP contribution in [-0.2, 0) is 4.79 Å². The number of methoxy groups -OCH3 is 1. The van der Waals surface area contributed by atoms with Gasteiger partial charge in [0.15, 0.2) is 11.0 Å². The van der Waals surface area contributed by atoms with E-state index in [1.54, 1.807) is 54.1 Å². The van der Waals surface area contributed by atoms with Gasteiger partial charge in [0.1, 0.15) is 12.3 Å².